The molecule has 0 bridgehead atoms. The van der Waals surface area contributed by atoms with Gasteiger partial charge in [-0.1, -0.05) is 0 Å². The van der Waals surface area contributed by atoms with Crippen LogP contribution < -0.4 is 15.5 Å². The Balaban J connectivity index is 1.11. The van der Waals surface area contributed by atoms with Gasteiger partial charge in [-0.05, 0) is 94.9 Å². The molecule has 10 nitrogen and oxygen atoms in total. The van der Waals surface area contributed by atoms with E-state index in [-0.39, 0.29) is 11.6 Å². The number of carbonyl (C=O) groups excluding carboxylic acids is 1. The standard InChI is InChI=1S/C29H40N8O2S/c1-29(2,3)35-27(38)33-25-20-30-24-19-31-28(34-26(24)32-25)40-23-8-6-22(7-9-23)37-13-10-21(11-14-37)5-4-12-36-15-17-39-18-16-36/h6-9,19-21H,4-5,10-18H2,1-3H3,(H2,31,32,33,34,35,38). The third-order valence-electron chi connectivity index (χ3n) is 7.23. The summed E-state index contributed by atoms with van der Waals surface area (Å²) in [6.45, 7) is 13.1. The fourth-order valence-corrected chi connectivity index (χ4v) is 5.85. The van der Waals surface area contributed by atoms with E-state index in [0.717, 1.165) is 50.2 Å². The van der Waals surface area contributed by atoms with E-state index >= 15 is 0 Å². The first-order valence-corrected chi connectivity index (χ1v) is 15.0. The molecular weight excluding hydrogens is 524 g/mol. The molecule has 2 fully saturated rings. The minimum atomic E-state index is -0.352. The van der Waals surface area contributed by atoms with Crippen molar-refractivity contribution in [3.05, 3.63) is 36.7 Å². The molecule has 2 aliphatic heterocycles. The molecule has 5 rings (SSSR count). The smallest absolute Gasteiger partial charge is 0.320 e. The second-order valence-corrected chi connectivity index (χ2v) is 12.6. The largest absolute Gasteiger partial charge is 0.379 e. The molecule has 2 aromatic heterocycles. The average Bonchev–Trinajstić information content (AvgIpc) is 2.93. The Morgan fingerprint density at radius 1 is 1.02 bits per heavy atom. The minimum Gasteiger partial charge on any atom is -0.379 e. The van der Waals surface area contributed by atoms with Gasteiger partial charge in [0.2, 0.25) is 0 Å². The SMILES string of the molecule is CC(C)(C)NC(=O)Nc1cnc2cnc(Sc3ccc(N4CCC(CCCN5CCOCC5)CC4)cc3)nc2n1. The molecule has 2 amide bonds. The summed E-state index contributed by atoms with van der Waals surface area (Å²) in [5.41, 5.74) is 1.93. The highest BCUT2D eigenvalue weighted by Gasteiger charge is 2.20. The fourth-order valence-electron chi connectivity index (χ4n) is 5.13. The molecule has 2 aliphatic rings. The Bertz CT molecular complexity index is 1270. The normalized spacial score (nSPS) is 17.2. The molecule has 214 valence electrons. The molecule has 1 aromatic carbocycles. The van der Waals surface area contributed by atoms with Crippen LogP contribution in [0.3, 0.4) is 0 Å². The van der Waals surface area contributed by atoms with Gasteiger partial charge < -0.3 is 15.0 Å². The highest BCUT2D eigenvalue weighted by molar-refractivity contribution is 7.99. The van der Waals surface area contributed by atoms with Crippen LogP contribution in [-0.2, 0) is 4.74 Å². The molecule has 0 spiro atoms. The minimum absolute atomic E-state index is 0.335. The van der Waals surface area contributed by atoms with Crippen LogP contribution in [0.5, 0.6) is 0 Å². The van der Waals surface area contributed by atoms with E-state index in [1.165, 1.54) is 55.9 Å². The Labute approximate surface area is 240 Å². The van der Waals surface area contributed by atoms with Gasteiger partial charge in [0.1, 0.15) is 5.52 Å². The number of carbonyl (C=O) groups is 1. The van der Waals surface area contributed by atoms with E-state index in [1.54, 1.807) is 6.20 Å². The molecule has 3 aromatic rings. The van der Waals surface area contributed by atoms with Gasteiger partial charge in [0.05, 0.1) is 25.6 Å². The van der Waals surface area contributed by atoms with Gasteiger partial charge in [-0.2, -0.15) is 0 Å². The number of aromatic nitrogens is 4. The van der Waals surface area contributed by atoms with Gasteiger partial charge in [0, 0.05) is 42.3 Å². The number of hydrogen-bond acceptors (Lipinski definition) is 9. The summed E-state index contributed by atoms with van der Waals surface area (Å²) >= 11 is 1.49. The van der Waals surface area contributed by atoms with Gasteiger partial charge >= 0.3 is 6.03 Å². The van der Waals surface area contributed by atoms with Crippen LogP contribution in [0.1, 0.15) is 46.5 Å². The predicted octanol–water partition coefficient (Wildman–Crippen LogP) is 4.82. The van der Waals surface area contributed by atoms with Crippen LogP contribution in [0.25, 0.3) is 11.2 Å². The van der Waals surface area contributed by atoms with Crippen molar-refractivity contribution >= 4 is 40.5 Å². The topological polar surface area (TPSA) is 108 Å². The van der Waals surface area contributed by atoms with Crippen LogP contribution in [-0.4, -0.2) is 82.3 Å². The Morgan fingerprint density at radius 2 is 1.77 bits per heavy atom. The average molecular weight is 565 g/mol. The molecule has 0 radical (unpaired) electrons. The molecule has 0 saturated carbocycles. The van der Waals surface area contributed by atoms with Crippen LogP contribution in [0.15, 0.2) is 46.7 Å². The monoisotopic (exact) mass is 564 g/mol. The first kappa shape index (κ1) is 28.5. The second-order valence-electron chi connectivity index (χ2n) is 11.6. The molecule has 11 heteroatoms. The van der Waals surface area contributed by atoms with Crippen molar-refractivity contribution in [2.75, 3.05) is 56.2 Å². The Hall–Kier alpha value is -3.02. The molecule has 4 heterocycles. The lowest BCUT2D eigenvalue weighted by Gasteiger charge is -2.34. The number of morpholine rings is 1. The van der Waals surface area contributed by atoms with Gasteiger partial charge in [-0.15, -0.1) is 0 Å². The molecule has 0 unspecified atom stereocenters. The molecule has 2 N–H and O–H groups in total. The predicted molar refractivity (Wildman–Crippen MR) is 159 cm³/mol. The summed E-state index contributed by atoms with van der Waals surface area (Å²) in [5.74, 6) is 1.18. The zero-order valence-corrected chi connectivity index (χ0v) is 24.5. The maximum atomic E-state index is 12.2. The maximum Gasteiger partial charge on any atom is 0.320 e. The number of piperidine rings is 1. The van der Waals surface area contributed by atoms with Crippen molar-refractivity contribution in [2.45, 2.75) is 62.0 Å². The summed E-state index contributed by atoms with van der Waals surface area (Å²) in [6.07, 6.45) is 8.33. The lowest BCUT2D eigenvalue weighted by molar-refractivity contribution is 0.0365. The van der Waals surface area contributed by atoms with E-state index in [4.69, 9.17) is 4.74 Å². The van der Waals surface area contributed by atoms with E-state index in [9.17, 15) is 4.79 Å². The van der Waals surface area contributed by atoms with Crippen molar-refractivity contribution in [1.29, 1.82) is 0 Å². The number of ether oxygens (including phenoxy) is 1. The quantitative estimate of drug-likeness (QED) is 0.372. The highest BCUT2D eigenvalue weighted by Crippen LogP contribution is 2.30. The molecular formula is C29H40N8O2S. The number of rotatable bonds is 8. The summed E-state index contributed by atoms with van der Waals surface area (Å²) < 4.78 is 5.45. The second kappa shape index (κ2) is 13.1. The highest BCUT2D eigenvalue weighted by atomic mass is 32.2. The van der Waals surface area contributed by atoms with Crippen molar-refractivity contribution in [3.8, 4) is 0 Å². The number of fused-ring (bicyclic) bond motifs is 1. The number of hydrogen-bond donors (Lipinski definition) is 2. The van der Waals surface area contributed by atoms with E-state index in [0.29, 0.717) is 22.1 Å². The van der Waals surface area contributed by atoms with E-state index in [1.807, 2.05) is 20.8 Å². The number of urea groups is 1. The molecule has 40 heavy (non-hydrogen) atoms. The Morgan fingerprint density at radius 3 is 2.50 bits per heavy atom. The number of nitrogens with one attached hydrogen (secondary N) is 2. The van der Waals surface area contributed by atoms with Crippen molar-refractivity contribution < 1.29 is 9.53 Å². The summed E-state index contributed by atoms with van der Waals surface area (Å²) in [5, 5.41) is 6.15. The van der Waals surface area contributed by atoms with Crippen LogP contribution >= 0.6 is 11.8 Å². The van der Waals surface area contributed by atoms with Crippen molar-refractivity contribution in [2.24, 2.45) is 5.92 Å². The first-order chi connectivity index (χ1) is 19.3. The molecule has 0 aliphatic carbocycles. The lowest BCUT2D eigenvalue weighted by atomic mass is 9.92. The fraction of sp³-hybridized carbons (Fsp3) is 0.552. The maximum absolute atomic E-state index is 12.2. The number of nitrogens with zero attached hydrogens (tertiary/aromatic N) is 6. The zero-order chi connectivity index (χ0) is 28.0. The molecule has 2 saturated heterocycles. The van der Waals surface area contributed by atoms with E-state index in [2.05, 4.69) is 64.6 Å². The third kappa shape index (κ3) is 8.25. The van der Waals surface area contributed by atoms with Gasteiger partial charge in [0.15, 0.2) is 16.6 Å². The third-order valence-corrected chi connectivity index (χ3v) is 8.11. The van der Waals surface area contributed by atoms with Crippen LogP contribution in [0.4, 0.5) is 16.3 Å². The summed E-state index contributed by atoms with van der Waals surface area (Å²) in [4.78, 5) is 36.1. The van der Waals surface area contributed by atoms with Gasteiger partial charge in [0.25, 0.3) is 0 Å². The van der Waals surface area contributed by atoms with E-state index < -0.39 is 0 Å². The Kier molecular flexibility index (Phi) is 9.33. The van der Waals surface area contributed by atoms with Crippen LogP contribution in [0, 0.1) is 5.92 Å². The number of anilines is 2. The zero-order valence-electron chi connectivity index (χ0n) is 23.7. The first-order valence-electron chi connectivity index (χ1n) is 14.2. The number of benzene rings is 1. The molecule has 0 atom stereocenters. The van der Waals surface area contributed by atoms with Gasteiger partial charge in [-0.25, -0.2) is 24.7 Å². The van der Waals surface area contributed by atoms with Crippen LogP contribution in [0.2, 0.25) is 0 Å². The number of amides is 2. The van der Waals surface area contributed by atoms with Crippen molar-refractivity contribution in [3.63, 3.8) is 0 Å². The summed E-state index contributed by atoms with van der Waals surface area (Å²) in [7, 11) is 0. The summed E-state index contributed by atoms with van der Waals surface area (Å²) in [6, 6.07) is 8.30. The van der Waals surface area contributed by atoms with Crippen molar-refractivity contribution in [1.82, 2.24) is 30.2 Å². The van der Waals surface area contributed by atoms with Gasteiger partial charge in [-0.3, -0.25) is 10.2 Å². The lowest BCUT2D eigenvalue weighted by Crippen LogP contribution is -2.43.